The number of alkyl halides is 1. The Hall–Kier alpha value is -2.02. The molecule has 3 rings (SSSR count). The van der Waals surface area contributed by atoms with Crippen LogP contribution in [0.1, 0.15) is 55.8 Å². The smallest absolute Gasteiger partial charge is 0.254 e. The number of rotatable bonds is 11. The first-order chi connectivity index (χ1) is 14.0. The Morgan fingerprint density at radius 3 is 2.83 bits per heavy atom. The number of unbranched alkanes of at least 4 members (excludes halogenated alkanes) is 2. The molecule has 0 radical (unpaired) electrons. The number of carbonyl (C=O) groups is 1. The van der Waals surface area contributed by atoms with E-state index in [0.717, 1.165) is 30.2 Å². The Bertz CT molecular complexity index is 862. The molecule has 0 bridgehead atoms. The van der Waals surface area contributed by atoms with Crippen molar-refractivity contribution in [3.63, 3.8) is 0 Å². The number of aryl methyl sites for hydroxylation is 2. The lowest BCUT2D eigenvalue weighted by molar-refractivity contribution is -0.115. The van der Waals surface area contributed by atoms with Crippen LogP contribution in [0.3, 0.4) is 0 Å². The molecule has 29 heavy (non-hydrogen) atoms. The van der Waals surface area contributed by atoms with Gasteiger partial charge in [0, 0.05) is 47.9 Å². The van der Waals surface area contributed by atoms with Crippen molar-refractivity contribution in [3.8, 4) is 0 Å². The molecule has 1 amide bonds. The third kappa shape index (κ3) is 5.98. The average Bonchev–Trinajstić information content (AvgIpc) is 3.48. The van der Waals surface area contributed by atoms with Crippen LogP contribution < -0.4 is 4.90 Å². The second kappa shape index (κ2) is 10.1. The van der Waals surface area contributed by atoms with Crippen LogP contribution in [0.5, 0.6) is 0 Å². The zero-order valence-electron chi connectivity index (χ0n) is 16.9. The first-order valence-corrected chi connectivity index (χ1v) is 11.0. The minimum atomic E-state index is -0.585. The van der Waals surface area contributed by atoms with Gasteiger partial charge in [-0.1, -0.05) is 28.9 Å². The Balaban J connectivity index is 1.54. The van der Waals surface area contributed by atoms with E-state index in [-0.39, 0.29) is 17.9 Å². The number of halogens is 2. The Kier molecular flexibility index (Phi) is 7.58. The SMILES string of the molecule is C=C(CCF)C(=O)N(CCCCCc1cc(C2CC2)nn1C)c1cc(Br)ccn1. The lowest BCUT2D eigenvalue weighted by Crippen LogP contribution is -2.33. The number of hydrogen-bond donors (Lipinski definition) is 0. The third-order valence-electron chi connectivity index (χ3n) is 5.23. The van der Waals surface area contributed by atoms with Crippen molar-refractivity contribution in [2.24, 2.45) is 7.05 Å². The molecule has 0 aliphatic heterocycles. The fourth-order valence-corrected chi connectivity index (χ4v) is 3.69. The molecule has 0 saturated heterocycles. The van der Waals surface area contributed by atoms with Crippen molar-refractivity contribution in [1.82, 2.24) is 14.8 Å². The molecule has 1 fully saturated rings. The second-order valence-corrected chi connectivity index (χ2v) is 8.52. The molecule has 156 valence electrons. The summed E-state index contributed by atoms with van der Waals surface area (Å²) in [6, 6.07) is 5.85. The Labute approximate surface area is 180 Å². The van der Waals surface area contributed by atoms with E-state index in [1.165, 1.54) is 24.2 Å². The molecule has 0 aromatic carbocycles. The van der Waals surface area contributed by atoms with E-state index in [4.69, 9.17) is 0 Å². The van der Waals surface area contributed by atoms with Crippen molar-refractivity contribution in [1.29, 1.82) is 0 Å². The monoisotopic (exact) mass is 462 g/mol. The summed E-state index contributed by atoms with van der Waals surface area (Å²) in [5, 5.41) is 4.62. The maximum absolute atomic E-state index is 12.7. The maximum Gasteiger partial charge on any atom is 0.254 e. The van der Waals surface area contributed by atoms with Crippen molar-refractivity contribution < 1.29 is 9.18 Å². The van der Waals surface area contributed by atoms with Gasteiger partial charge >= 0.3 is 0 Å². The minimum absolute atomic E-state index is 0.0488. The van der Waals surface area contributed by atoms with Crippen molar-refractivity contribution in [2.45, 2.75) is 50.9 Å². The molecule has 2 aromatic heterocycles. The maximum atomic E-state index is 12.7. The number of nitrogens with zero attached hydrogens (tertiary/aromatic N) is 4. The molecule has 0 unspecified atom stereocenters. The normalized spacial score (nSPS) is 13.5. The van der Waals surface area contributed by atoms with Gasteiger partial charge in [-0.3, -0.25) is 18.8 Å². The number of hydrogen-bond acceptors (Lipinski definition) is 3. The predicted octanol–water partition coefficient (Wildman–Crippen LogP) is 5.12. The van der Waals surface area contributed by atoms with E-state index in [1.807, 2.05) is 17.8 Å². The van der Waals surface area contributed by atoms with E-state index < -0.39 is 6.67 Å². The van der Waals surface area contributed by atoms with Gasteiger partial charge in [-0.25, -0.2) is 4.98 Å². The summed E-state index contributed by atoms with van der Waals surface area (Å²) in [6.45, 7) is 3.70. The van der Waals surface area contributed by atoms with Gasteiger partial charge in [-0.15, -0.1) is 0 Å². The number of aromatic nitrogens is 3. The van der Waals surface area contributed by atoms with E-state index in [1.54, 1.807) is 17.2 Å². The van der Waals surface area contributed by atoms with Crippen LogP contribution in [0.2, 0.25) is 0 Å². The highest BCUT2D eigenvalue weighted by Crippen LogP contribution is 2.39. The number of amides is 1. The van der Waals surface area contributed by atoms with Crippen molar-refractivity contribution in [2.75, 3.05) is 18.1 Å². The van der Waals surface area contributed by atoms with Gasteiger partial charge in [0.05, 0.1) is 12.4 Å². The van der Waals surface area contributed by atoms with E-state index >= 15 is 0 Å². The third-order valence-corrected chi connectivity index (χ3v) is 5.73. The molecule has 7 heteroatoms. The summed E-state index contributed by atoms with van der Waals surface area (Å²) in [6.07, 6.45) is 8.06. The van der Waals surface area contributed by atoms with Crippen LogP contribution in [-0.4, -0.2) is 33.9 Å². The summed E-state index contributed by atoms with van der Waals surface area (Å²) in [4.78, 5) is 18.7. The first kappa shape index (κ1) is 21.7. The summed E-state index contributed by atoms with van der Waals surface area (Å²) in [7, 11) is 2.01. The zero-order chi connectivity index (χ0) is 20.8. The quantitative estimate of drug-likeness (QED) is 0.344. The molecule has 0 atom stereocenters. The number of carbonyl (C=O) groups excluding carboxylic acids is 1. The summed E-state index contributed by atoms with van der Waals surface area (Å²) in [5.74, 6) is 0.976. The standard InChI is InChI=1S/C22H28BrFN4O/c1-16(9-11-24)22(29)28(21-14-18(23)10-12-25-21)13-5-3-4-6-19-15-20(17-7-8-17)26-27(19)2/h10,12,14-15,17H,1,3-9,11,13H2,2H3. The molecule has 0 spiro atoms. The van der Waals surface area contributed by atoms with Gasteiger partial charge in [-0.2, -0.15) is 5.10 Å². The topological polar surface area (TPSA) is 51.0 Å². The van der Waals surface area contributed by atoms with Crippen molar-refractivity contribution in [3.05, 3.63) is 52.4 Å². The van der Waals surface area contributed by atoms with Crippen LogP contribution >= 0.6 is 15.9 Å². The minimum Gasteiger partial charge on any atom is -0.293 e. The van der Waals surface area contributed by atoms with Crippen LogP contribution in [-0.2, 0) is 18.3 Å². The fourth-order valence-electron chi connectivity index (χ4n) is 3.37. The first-order valence-electron chi connectivity index (χ1n) is 10.2. The molecule has 2 heterocycles. The molecule has 1 aliphatic carbocycles. The summed E-state index contributed by atoms with van der Waals surface area (Å²) < 4.78 is 15.5. The van der Waals surface area contributed by atoms with Gasteiger partial charge in [-0.05, 0) is 50.3 Å². The summed E-state index contributed by atoms with van der Waals surface area (Å²) >= 11 is 3.42. The van der Waals surface area contributed by atoms with E-state index in [2.05, 4.69) is 38.7 Å². The number of anilines is 1. The highest BCUT2D eigenvalue weighted by atomic mass is 79.9. The molecule has 1 saturated carbocycles. The second-order valence-electron chi connectivity index (χ2n) is 7.60. The Morgan fingerprint density at radius 1 is 1.34 bits per heavy atom. The Morgan fingerprint density at radius 2 is 2.14 bits per heavy atom. The van der Waals surface area contributed by atoms with E-state index in [0.29, 0.717) is 18.3 Å². The van der Waals surface area contributed by atoms with Crippen LogP contribution in [0.4, 0.5) is 10.2 Å². The molecule has 0 N–H and O–H groups in total. The van der Waals surface area contributed by atoms with Gasteiger partial charge in [0.15, 0.2) is 0 Å². The highest BCUT2D eigenvalue weighted by Gasteiger charge is 2.26. The lowest BCUT2D eigenvalue weighted by atomic mass is 10.1. The molecule has 1 aliphatic rings. The molecule has 5 nitrogen and oxygen atoms in total. The van der Waals surface area contributed by atoms with Gasteiger partial charge in [0.25, 0.3) is 5.91 Å². The lowest BCUT2D eigenvalue weighted by Gasteiger charge is -2.23. The largest absolute Gasteiger partial charge is 0.293 e. The van der Waals surface area contributed by atoms with Crippen LogP contribution in [0.25, 0.3) is 0 Å². The highest BCUT2D eigenvalue weighted by molar-refractivity contribution is 9.10. The van der Waals surface area contributed by atoms with Gasteiger partial charge in [0.2, 0.25) is 0 Å². The van der Waals surface area contributed by atoms with Crippen LogP contribution in [0.15, 0.2) is 41.0 Å². The fraction of sp³-hybridized carbons (Fsp3) is 0.500. The number of pyridine rings is 1. The molecular weight excluding hydrogens is 435 g/mol. The van der Waals surface area contributed by atoms with Gasteiger partial charge in [0.1, 0.15) is 5.82 Å². The molecular formula is C22H28BrFN4O. The predicted molar refractivity (Wildman–Crippen MR) is 117 cm³/mol. The zero-order valence-corrected chi connectivity index (χ0v) is 18.5. The van der Waals surface area contributed by atoms with Gasteiger partial charge < -0.3 is 0 Å². The van der Waals surface area contributed by atoms with E-state index in [9.17, 15) is 9.18 Å². The summed E-state index contributed by atoms with van der Waals surface area (Å²) in [5.41, 5.74) is 2.77. The van der Waals surface area contributed by atoms with Crippen LogP contribution in [0, 0.1) is 0 Å². The average molecular weight is 463 g/mol. The van der Waals surface area contributed by atoms with Crippen molar-refractivity contribution >= 4 is 27.7 Å². The molecule has 2 aromatic rings.